The molecule has 3 N–H and O–H groups in total. The molecule has 2 rings (SSSR count). The number of benzene rings is 1. The van der Waals surface area contributed by atoms with Crippen molar-refractivity contribution in [2.45, 2.75) is 29.7 Å². The van der Waals surface area contributed by atoms with Crippen LogP contribution in [0.2, 0.25) is 0 Å². The third kappa shape index (κ3) is 3.89. The number of nitrogens with zero attached hydrogens (tertiary/aromatic N) is 3. The number of nitrogen functional groups attached to an aromatic ring is 1. The number of hydrogen-bond donors (Lipinski definition) is 2. The number of anilines is 1. The Hall–Kier alpha value is -2.19. The minimum absolute atomic E-state index is 0.0641. The molecule has 110 valence electrons. The molecule has 0 amide bonds. The van der Waals surface area contributed by atoms with Crippen molar-refractivity contribution in [2.24, 2.45) is 5.84 Å². The molecule has 21 heavy (non-hydrogen) atoms. The Morgan fingerprint density at radius 3 is 2.48 bits per heavy atom. The Bertz CT molecular complexity index is 646. The smallest absolute Gasteiger partial charge is 0.269 e. The van der Waals surface area contributed by atoms with Crippen molar-refractivity contribution >= 4 is 23.3 Å². The van der Waals surface area contributed by atoms with E-state index in [4.69, 9.17) is 5.84 Å². The Balaban J connectivity index is 2.25. The van der Waals surface area contributed by atoms with Gasteiger partial charge in [0.05, 0.1) is 4.92 Å². The molecular weight excluding hydrogens is 290 g/mol. The van der Waals surface area contributed by atoms with E-state index in [9.17, 15) is 10.1 Å². The van der Waals surface area contributed by atoms with E-state index in [1.165, 1.54) is 23.9 Å². The van der Waals surface area contributed by atoms with Gasteiger partial charge >= 0.3 is 0 Å². The highest BCUT2D eigenvalue weighted by molar-refractivity contribution is 7.99. The molecule has 2 aromatic rings. The molecular formula is C13H15N5O2S. The highest BCUT2D eigenvalue weighted by atomic mass is 32.2. The highest BCUT2D eigenvalue weighted by Crippen LogP contribution is 2.29. The Morgan fingerprint density at radius 1 is 1.29 bits per heavy atom. The summed E-state index contributed by atoms with van der Waals surface area (Å²) >= 11 is 1.40. The third-order valence-electron chi connectivity index (χ3n) is 2.65. The molecule has 0 aliphatic rings. The first-order valence-corrected chi connectivity index (χ1v) is 7.09. The number of non-ortho nitro benzene ring substituents is 1. The van der Waals surface area contributed by atoms with Crippen LogP contribution in [-0.4, -0.2) is 14.9 Å². The molecule has 1 aromatic carbocycles. The minimum atomic E-state index is -0.424. The highest BCUT2D eigenvalue weighted by Gasteiger charge is 2.10. The SMILES string of the molecule is CC(C)c1nc(NN)cc(Sc2ccc([N+](=O)[O-])cc2)n1. The van der Waals surface area contributed by atoms with E-state index in [2.05, 4.69) is 15.4 Å². The lowest BCUT2D eigenvalue weighted by Gasteiger charge is -2.09. The van der Waals surface area contributed by atoms with Crippen LogP contribution in [0.25, 0.3) is 0 Å². The maximum Gasteiger partial charge on any atom is 0.269 e. The fourth-order valence-corrected chi connectivity index (χ4v) is 2.41. The van der Waals surface area contributed by atoms with Crippen LogP contribution in [0, 0.1) is 10.1 Å². The van der Waals surface area contributed by atoms with Crippen molar-refractivity contribution in [3.05, 3.63) is 46.3 Å². The van der Waals surface area contributed by atoms with Crippen LogP contribution in [0.3, 0.4) is 0 Å². The molecule has 0 saturated carbocycles. The van der Waals surface area contributed by atoms with E-state index >= 15 is 0 Å². The van der Waals surface area contributed by atoms with E-state index in [-0.39, 0.29) is 11.6 Å². The predicted molar refractivity (Wildman–Crippen MR) is 81.2 cm³/mol. The summed E-state index contributed by atoms with van der Waals surface area (Å²) in [6.45, 7) is 3.99. The molecule has 0 bridgehead atoms. The van der Waals surface area contributed by atoms with Gasteiger partial charge in [0, 0.05) is 29.0 Å². The molecule has 0 spiro atoms. The zero-order valence-electron chi connectivity index (χ0n) is 11.6. The molecule has 0 atom stereocenters. The topological polar surface area (TPSA) is 107 Å². The molecule has 0 fully saturated rings. The molecule has 1 aromatic heterocycles. The molecule has 0 radical (unpaired) electrons. The summed E-state index contributed by atoms with van der Waals surface area (Å²) in [5.74, 6) is 6.81. The Morgan fingerprint density at radius 2 is 1.95 bits per heavy atom. The van der Waals surface area contributed by atoms with Crippen molar-refractivity contribution in [1.82, 2.24) is 9.97 Å². The monoisotopic (exact) mass is 305 g/mol. The molecule has 0 aliphatic carbocycles. The van der Waals surface area contributed by atoms with Gasteiger partial charge in [-0.1, -0.05) is 25.6 Å². The van der Waals surface area contributed by atoms with Gasteiger partial charge in [0.15, 0.2) is 0 Å². The van der Waals surface area contributed by atoms with Gasteiger partial charge in [0.1, 0.15) is 16.7 Å². The summed E-state index contributed by atoms with van der Waals surface area (Å²) in [4.78, 5) is 19.8. The maximum atomic E-state index is 10.6. The number of nitro benzene ring substituents is 1. The van der Waals surface area contributed by atoms with Gasteiger partial charge in [-0.15, -0.1) is 0 Å². The lowest BCUT2D eigenvalue weighted by molar-refractivity contribution is -0.384. The fraction of sp³-hybridized carbons (Fsp3) is 0.231. The molecule has 0 unspecified atom stereocenters. The number of hydrogen-bond acceptors (Lipinski definition) is 7. The van der Waals surface area contributed by atoms with Crippen LogP contribution in [0.4, 0.5) is 11.5 Å². The Kier molecular flexibility index (Phi) is 4.71. The standard InChI is InChI=1S/C13H15N5O2S/c1-8(2)13-15-11(17-14)7-12(16-13)21-10-5-3-9(4-6-10)18(19)20/h3-8H,14H2,1-2H3,(H,15,16,17). The number of nitrogens with one attached hydrogen (secondary N) is 1. The van der Waals surface area contributed by atoms with E-state index in [1.54, 1.807) is 18.2 Å². The average molecular weight is 305 g/mol. The molecule has 1 heterocycles. The van der Waals surface area contributed by atoms with E-state index < -0.39 is 4.92 Å². The van der Waals surface area contributed by atoms with E-state index in [0.29, 0.717) is 11.6 Å². The zero-order chi connectivity index (χ0) is 15.4. The zero-order valence-corrected chi connectivity index (χ0v) is 12.4. The minimum Gasteiger partial charge on any atom is -0.308 e. The number of nitrogens with two attached hydrogens (primary N) is 1. The average Bonchev–Trinajstić information content (AvgIpc) is 2.47. The Labute approximate surface area is 126 Å². The van der Waals surface area contributed by atoms with E-state index in [1.807, 2.05) is 13.8 Å². The maximum absolute atomic E-state index is 10.6. The van der Waals surface area contributed by atoms with E-state index in [0.717, 1.165) is 9.92 Å². The second kappa shape index (κ2) is 6.51. The van der Waals surface area contributed by atoms with Crippen LogP contribution >= 0.6 is 11.8 Å². The van der Waals surface area contributed by atoms with Crippen LogP contribution in [0.5, 0.6) is 0 Å². The first kappa shape index (κ1) is 15.2. The van der Waals surface area contributed by atoms with Crippen molar-refractivity contribution in [2.75, 3.05) is 5.43 Å². The molecule has 7 nitrogen and oxygen atoms in total. The van der Waals surface area contributed by atoms with Crippen molar-refractivity contribution in [1.29, 1.82) is 0 Å². The van der Waals surface area contributed by atoms with Gasteiger partial charge in [0.25, 0.3) is 5.69 Å². The molecule has 0 aliphatic heterocycles. The second-order valence-electron chi connectivity index (χ2n) is 4.60. The van der Waals surface area contributed by atoms with Gasteiger partial charge in [-0.3, -0.25) is 10.1 Å². The second-order valence-corrected chi connectivity index (χ2v) is 5.70. The summed E-state index contributed by atoms with van der Waals surface area (Å²) in [5, 5.41) is 11.4. The largest absolute Gasteiger partial charge is 0.308 e. The van der Waals surface area contributed by atoms with Gasteiger partial charge in [-0.05, 0) is 12.1 Å². The first-order chi connectivity index (χ1) is 9.99. The molecule has 0 saturated heterocycles. The predicted octanol–water partition coefficient (Wildman–Crippen LogP) is 2.95. The quantitative estimate of drug-likeness (QED) is 0.378. The lowest BCUT2D eigenvalue weighted by atomic mass is 10.2. The fourth-order valence-electron chi connectivity index (χ4n) is 1.58. The van der Waals surface area contributed by atoms with Crippen molar-refractivity contribution in [3.8, 4) is 0 Å². The summed E-state index contributed by atoms with van der Waals surface area (Å²) in [5.41, 5.74) is 2.58. The molecule has 8 heteroatoms. The van der Waals surface area contributed by atoms with Crippen LogP contribution in [0.1, 0.15) is 25.6 Å². The first-order valence-electron chi connectivity index (χ1n) is 6.27. The van der Waals surface area contributed by atoms with Crippen LogP contribution < -0.4 is 11.3 Å². The lowest BCUT2D eigenvalue weighted by Crippen LogP contribution is -2.11. The van der Waals surface area contributed by atoms with Crippen molar-refractivity contribution in [3.63, 3.8) is 0 Å². The van der Waals surface area contributed by atoms with Gasteiger partial charge in [-0.2, -0.15) is 0 Å². The summed E-state index contributed by atoms with van der Waals surface area (Å²) in [7, 11) is 0. The number of hydrazine groups is 1. The number of rotatable bonds is 5. The third-order valence-corrected chi connectivity index (χ3v) is 3.58. The van der Waals surface area contributed by atoms with Crippen LogP contribution in [-0.2, 0) is 0 Å². The summed E-state index contributed by atoms with van der Waals surface area (Å²) < 4.78 is 0. The van der Waals surface area contributed by atoms with Gasteiger partial charge in [-0.25, -0.2) is 15.8 Å². The van der Waals surface area contributed by atoms with Crippen LogP contribution in [0.15, 0.2) is 40.3 Å². The summed E-state index contributed by atoms with van der Waals surface area (Å²) in [6.07, 6.45) is 0. The van der Waals surface area contributed by atoms with Gasteiger partial charge in [0.2, 0.25) is 0 Å². The van der Waals surface area contributed by atoms with Gasteiger partial charge < -0.3 is 5.43 Å². The van der Waals surface area contributed by atoms with Crippen molar-refractivity contribution < 1.29 is 4.92 Å². The normalized spacial score (nSPS) is 10.7. The summed E-state index contributed by atoms with van der Waals surface area (Å²) in [6, 6.07) is 8.05. The number of aromatic nitrogens is 2. The number of nitro groups is 1.